The van der Waals surface area contributed by atoms with Crippen molar-refractivity contribution in [1.29, 1.82) is 0 Å². The minimum Gasteiger partial charge on any atom is -0.508 e. The molecule has 2 heterocycles. The lowest BCUT2D eigenvalue weighted by Crippen LogP contribution is -2.52. The van der Waals surface area contributed by atoms with Crippen LogP contribution in [0.15, 0.2) is 24.3 Å². The van der Waals surface area contributed by atoms with Crippen LogP contribution in [0.1, 0.15) is 24.8 Å². The molecule has 2 saturated heterocycles. The lowest BCUT2D eigenvalue weighted by atomic mass is 10.1. The number of benzene rings is 1. The predicted molar refractivity (Wildman–Crippen MR) is 95.3 cm³/mol. The molecule has 2 aliphatic heterocycles. The quantitative estimate of drug-likeness (QED) is 0.887. The summed E-state index contributed by atoms with van der Waals surface area (Å²) < 4.78 is 0. The topological polar surface area (TPSA) is 64.1 Å². The van der Waals surface area contributed by atoms with E-state index >= 15 is 0 Å². The van der Waals surface area contributed by atoms with Crippen LogP contribution in [0.3, 0.4) is 0 Å². The Hall–Kier alpha value is -2.08. The molecule has 0 aromatic heterocycles. The monoisotopic (exact) mass is 345 g/mol. The number of carbonyl (C=O) groups is 2. The lowest BCUT2D eigenvalue weighted by Gasteiger charge is -2.36. The standard InChI is InChI=1S/C19H27N3O3/c23-17-6-4-16(5-7-17)14-18(24)22-12-10-20(11-13-22)15-19(25)21-8-2-1-3-9-21/h4-7,23H,1-3,8-15H2. The SMILES string of the molecule is O=C(Cc1ccc(O)cc1)N1CCN(CC(=O)N2CCCCC2)CC1. The lowest BCUT2D eigenvalue weighted by molar-refractivity contribution is -0.135. The molecule has 0 atom stereocenters. The fraction of sp³-hybridized carbons (Fsp3) is 0.579. The Morgan fingerprint density at radius 3 is 2.04 bits per heavy atom. The van der Waals surface area contributed by atoms with Gasteiger partial charge in [0.05, 0.1) is 13.0 Å². The predicted octanol–water partition coefficient (Wildman–Crippen LogP) is 1.09. The number of likely N-dealkylation sites (tertiary alicyclic amines) is 1. The third-order valence-corrected chi connectivity index (χ3v) is 5.08. The van der Waals surface area contributed by atoms with Gasteiger partial charge in [-0.2, -0.15) is 0 Å². The van der Waals surface area contributed by atoms with E-state index in [2.05, 4.69) is 4.90 Å². The third-order valence-electron chi connectivity index (χ3n) is 5.08. The van der Waals surface area contributed by atoms with Crippen LogP contribution in [0.5, 0.6) is 5.75 Å². The van der Waals surface area contributed by atoms with E-state index in [9.17, 15) is 14.7 Å². The number of piperazine rings is 1. The van der Waals surface area contributed by atoms with Gasteiger partial charge in [-0.15, -0.1) is 0 Å². The molecule has 0 bridgehead atoms. The second kappa shape index (κ2) is 8.34. The molecule has 1 N–H and O–H groups in total. The molecule has 25 heavy (non-hydrogen) atoms. The van der Waals surface area contributed by atoms with Gasteiger partial charge < -0.3 is 14.9 Å². The first-order valence-electron chi connectivity index (χ1n) is 9.17. The van der Waals surface area contributed by atoms with Crippen LogP contribution in [0, 0.1) is 0 Å². The fourth-order valence-corrected chi connectivity index (χ4v) is 3.49. The third kappa shape index (κ3) is 4.95. The summed E-state index contributed by atoms with van der Waals surface area (Å²) in [5, 5.41) is 9.30. The largest absolute Gasteiger partial charge is 0.508 e. The number of aromatic hydroxyl groups is 1. The molecule has 0 saturated carbocycles. The molecule has 3 rings (SSSR count). The van der Waals surface area contributed by atoms with Crippen molar-refractivity contribution >= 4 is 11.8 Å². The average Bonchev–Trinajstić information content (AvgIpc) is 2.65. The second-order valence-corrected chi connectivity index (χ2v) is 6.94. The molecule has 0 radical (unpaired) electrons. The van der Waals surface area contributed by atoms with Crippen molar-refractivity contribution in [3.63, 3.8) is 0 Å². The maximum absolute atomic E-state index is 12.4. The number of carbonyl (C=O) groups excluding carboxylic acids is 2. The van der Waals surface area contributed by atoms with Crippen molar-refractivity contribution in [2.24, 2.45) is 0 Å². The summed E-state index contributed by atoms with van der Waals surface area (Å²) in [6.45, 7) is 5.10. The van der Waals surface area contributed by atoms with Crippen molar-refractivity contribution in [3.8, 4) is 5.75 Å². The molecule has 6 heteroatoms. The number of phenols is 1. The molecule has 0 aliphatic carbocycles. The number of hydrogen-bond acceptors (Lipinski definition) is 4. The van der Waals surface area contributed by atoms with Crippen molar-refractivity contribution in [3.05, 3.63) is 29.8 Å². The van der Waals surface area contributed by atoms with Crippen LogP contribution in [0.4, 0.5) is 0 Å². The zero-order chi connectivity index (χ0) is 17.6. The van der Waals surface area contributed by atoms with Gasteiger partial charge in [0.2, 0.25) is 11.8 Å². The van der Waals surface area contributed by atoms with E-state index in [0.717, 1.165) is 44.6 Å². The molecule has 2 fully saturated rings. The Morgan fingerprint density at radius 2 is 1.40 bits per heavy atom. The fourth-order valence-electron chi connectivity index (χ4n) is 3.49. The minimum absolute atomic E-state index is 0.104. The minimum atomic E-state index is 0.104. The molecule has 0 spiro atoms. The summed E-state index contributed by atoms with van der Waals surface area (Å²) in [6.07, 6.45) is 3.81. The van der Waals surface area contributed by atoms with E-state index in [-0.39, 0.29) is 17.6 Å². The number of hydrogen-bond donors (Lipinski definition) is 1. The first kappa shape index (κ1) is 17.7. The highest BCUT2D eigenvalue weighted by atomic mass is 16.3. The molecular formula is C19H27N3O3. The van der Waals surface area contributed by atoms with Gasteiger partial charge in [-0.25, -0.2) is 0 Å². The van der Waals surface area contributed by atoms with E-state index in [1.54, 1.807) is 24.3 Å². The van der Waals surface area contributed by atoms with Crippen molar-refractivity contribution in [2.75, 3.05) is 45.8 Å². The van der Waals surface area contributed by atoms with Gasteiger partial charge in [-0.1, -0.05) is 12.1 Å². The van der Waals surface area contributed by atoms with Gasteiger partial charge in [-0.3, -0.25) is 14.5 Å². The van der Waals surface area contributed by atoms with Crippen molar-refractivity contribution in [1.82, 2.24) is 14.7 Å². The zero-order valence-corrected chi connectivity index (χ0v) is 14.7. The van der Waals surface area contributed by atoms with Gasteiger partial charge >= 0.3 is 0 Å². The van der Waals surface area contributed by atoms with Crippen LogP contribution in [0.2, 0.25) is 0 Å². The number of amides is 2. The first-order chi connectivity index (χ1) is 12.1. The summed E-state index contributed by atoms with van der Waals surface area (Å²) in [4.78, 5) is 30.7. The van der Waals surface area contributed by atoms with Crippen LogP contribution < -0.4 is 0 Å². The zero-order valence-electron chi connectivity index (χ0n) is 14.7. The van der Waals surface area contributed by atoms with Crippen molar-refractivity contribution < 1.29 is 14.7 Å². The number of piperidine rings is 1. The summed E-state index contributed by atoms with van der Waals surface area (Å²) in [5.74, 6) is 0.541. The second-order valence-electron chi connectivity index (χ2n) is 6.94. The van der Waals surface area contributed by atoms with Crippen LogP contribution in [-0.4, -0.2) is 77.4 Å². The Morgan fingerprint density at radius 1 is 0.800 bits per heavy atom. The molecule has 0 unspecified atom stereocenters. The van der Waals surface area contributed by atoms with E-state index in [1.165, 1.54) is 6.42 Å². The smallest absolute Gasteiger partial charge is 0.236 e. The molecule has 2 aliphatic rings. The van der Waals surface area contributed by atoms with Gasteiger partial charge in [0.25, 0.3) is 0 Å². The maximum Gasteiger partial charge on any atom is 0.236 e. The molecule has 136 valence electrons. The van der Waals surface area contributed by atoms with Gasteiger partial charge in [-0.05, 0) is 37.0 Å². The number of rotatable bonds is 4. The molecule has 1 aromatic rings. The van der Waals surface area contributed by atoms with Crippen LogP contribution >= 0.6 is 0 Å². The van der Waals surface area contributed by atoms with E-state index in [0.29, 0.717) is 26.1 Å². The maximum atomic E-state index is 12.4. The summed E-state index contributed by atoms with van der Waals surface area (Å²) in [7, 11) is 0. The molecule has 6 nitrogen and oxygen atoms in total. The highest BCUT2D eigenvalue weighted by Crippen LogP contribution is 2.13. The molecular weight excluding hydrogens is 318 g/mol. The Balaban J connectivity index is 1.42. The highest BCUT2D eigenvalue weighted by molar-refractivity contribution is 5.79. The van der Waals surface area contributed by atoms with Crippen LogP contribution in [-0.2, 0) is 16.0 Å². The van der Waals surface area contributed by atoms with E-state index in [4.69, 9.17) is 0 Å². The first-order valence-corrected chi connectivity index (χ1v) is 9.17. The number of phenolic OH excluding ortho intramolecular Hbond substituents is 1. The van der Waals surface area contributed by atoms with Gasteiger partial charge in [0.15, 0.2) is 0 Å². The van der Waals surface area contributed by atoms with Crippen LogP contribution in [0.25, 0.3) is 0 Å². The van der Waals surface area contributed by atoms with E-state index in [1.807, 2.05) is 9.80 Å². The summed E-state index contributed by atoms with van der Waals surface area (Å²) in [5.41, 5.74) is 0.908. The Kier molecular flexibility index (Phi) is 5.91. The normalized spacial score (nSPS) is 19.0. The Labute approximate surface area is 149 Å². The van der Waals surface area contributed by atoms with Crippen molar-refractivity contribution in [2.45, 2.75) is 25.7 Å². The molecule has 2 amide bonds. The number of nitrogens with zero attached hydrogens (tertiary/aromatic N) is 3. The Bertz CT molecular complexity index is 588. The van der Waals surface area contributed by atoms with Gasteiger partial charge in [0, 0.05) is 39.3 Å². The van der Waals surface area contributed by atoms with Gasteiger partial charge in [0.1, 0.15) is 5.75 Å². The molecule has 1 aromatic carbocycles. The summed E-state index contributed by atoms with van der Waals surface area (Å²) >= 11 is 0. The summed E-state index contributed by atoms with van der Waals surface area (Å²) in [6, 6.07) is 6.76. The highest BCUT2D eigenvalue weighted by Gasteiger charge is 2.24. The average molecular weight is 345 g/mol. The van der Waals surface area contributed by atoms with E-state index < -0.39 is 0 Å².